The molecule has 0 atom stereocenters. The van der Waals surface area contributed by atoms with E-state index in [0.717, 1.165) is 6.07 Å². The van der Waals surface area contributed by atoms with Crippen LogP contribution in [0.4, 0.5) is 21.0 Å². The van der Waals surface area contributed by atoms with Gasteiger partial charge in [0.05, 0.1) is 18.4 Å². The van der Waals surface area contributed by atoms with Gasteiger partial charge in [-0.05, 0) is 18.2 Å². The molecule has 2 N–H and O–H groups in total. The number of anilines is 1. The summed E-state index contributed by atoms with van der Waals surface area (Å²) in [6.45, 7) is 0. The number of nitrogens with one attached hydrogen (secondary N) is 1. The number of hydrogen-bond acceptors (Lipinski definition) is 7. The number of amides is 1. The Hall–Kier alpha value is -4.28. The van der Waals surface area contributed by atoms with E-state index >= 15 is 0 Å². The predicted molar refractivity (Wildman–Crippen MR) is 105 cm³/mol. The minimum atomic E-state index is -0.711. The molecule has 0 aliphatic carbocycles. The Morgan fingerprint density at radius 2 is 2.03 bits per heavy atom. The van der Waals surface area contributed by atoms with Crippen molar-refractivity contribution in [2.75, 3.05) is 12.4 Å². The van der Waals surface area contributed by atoms with Crippen molar-refractivity contribution in [2.24, 2.45) is 12.0 Å². The second-order valence-corrected chi connectivity index (χ2v) is 6.59. The van der Waals surface area contributed by atoms with Gasteiger partial charge in [0.1, 0.15) is 22.8 Å². The van der Waals surface area contributed by atoms with E-state index in [1.807, 2.05) is 0 Å². The van der Waals surface area contributed by atoms with Crippen LogP contribution in [0.2, 0.25) is 0 Å². The van der Waals surface area contributed by atoms with Crippen LogP contribution in [-0.2, 0) is 11.8 Å². The number of carbonyl (C=O) groups is 1. The Balaban J connectivity index is 1.81. The lowest BCUT2D eigenvalue weighted by Gasteiger charge is -2.08. The van der Waals surface area contributed by atoms with Gasteiger partial charge in [-0.25, -0.2) is 23.7 Å². The van der Waals surface area contributed by atoms with E-state index in [4.69, 9.17) is 0 Å². The highest BCUT2D eigenvalue weighted by atomic mass is 19.1. The molecule has 0 spiro atoms. The zero-order valence-electron chi connectivity index (χ0n) is 15.8. The first-order chi connectivity index (χ1) is 14.4. The van der Waals surface area contributed by atoms with Gasteiger partial charge in [0, 0.05) is 36.6 Å². The molecule has 1 amide bonds. The maximum absolute atomic E-state index is 14.7. The van der Waals surface area contributed by atoms with Crippen LogP contribution in [0, 0.1) is 5.82 Å². The zero-order chi connectivity index (χ0) is 21.0. The number of aliphatic imine (C=N–C) groups is 1. The lowest BCUT2D eigenvalue weighted by molar-refractivity contribution is 0.186. The van der Waals surface area contributed by atoms with Gasteiger partial charge in [-0.2, -0.15) is 5.10 Å². The lowest BCUT2D eigenvalue weighted by atomic mass is 10.0. The Labute approximate surface area is 168 Å². The molecular formula is C19H14FN7O3. The van der Waals surface area contributed by atoms with Gasteiger partial charge in [0.2, 0.25) is 0 Å². The minimum Gasteiger partial charge on any atom is -0.508 e. The third kappa shape index (κ3) is 2.67. The normalized spacial score (nSPS) is 12.3. The van der Waals surface area contributed by atoms with Gasteiger partial charge in [0.25, 0.3) is 5.95 Å². The Morgan fingerprint density at radius 1 is 1.20 bits per heavy atom. The SMILES string of the molecule is COC(=O)Nc1nc2c3c(ccn3n1)C(c1ccc(O)cc1F)=Nc1nn(C)cc1-2. The van der Waals surface area contributed by atoms with Crippen molar-refractivity contribution in [3.63, 3.8) is 0 Å². The molecule has 1 aliphatic rings. The van der Waals surface area contributed by atoms with Crippen molar-refractivity contribution >= 4 is 29.1 Å². The molecule has 4 aromatic rings. The van der Waals surface area contributed by atoms with Gasteiger partial charge in [-0.3, -0.25) is 10.00 Å². The Bertz CT molecular complexity index is 1370. The smallest absolute Gasteiger partial charge is 0.413 e. The number of phenols is 1. The fraction of sp³-hybridized carbons (Fsp3) is 0.105. The second-order valence-electron chi connectivity index (χ2n) is 6.59. The number of aromatic nitrogens is 5. The van der Waals surface area contributed by atoms with E-state index in [-0.39, 0.29) is 17.3 Å². The molecule has 3 aromatic heterocycles. The number of fused-ring (bicyclic) bond motifs is 2. The average Bonchev–Trinajstić information content (AvgIpc) is 3.26. The van der Waals surface area contributed by atoms with Crippen LogP contribution < -0.4 is 5.32 Å². The van der Waals surface area contributed by atoms with Crippen molar-refractivity contribution in [3.8, 4) is 17.0 Å². The molecular weight excluding hydrogens is 393 g/mol. The number of ether oxygens (including phenoxy) is 1. The number of aromatic hydroxyl groups is 1. The molecule has 5 rings (SSSR count). The quantitative estimate of drug-likeness (QED) is 0.464. The number of phenolic OH excluding ortho intramolecular Hbond substituents is 1. The molecule has 0 saturated heterocycles. The van der Waals surface area contributed by atoms with E-state index in [9.17, 15) is 14.3 Å². The highest BCUT2D eigenvalue weighted by Crippen LogP contribution is 2.38. The second kappa shape index (κ2) is 6.37. The number of rotatable bonds is 2. The first kappa shape index (κ1) is 17.8. The van der Waals surface area contributed by atoms with Crippen molar-refractivity contribution in [3.05, 3.63) is 53.6 Å². The first-order valence-electron chi connectivity index (χ1n) is 8.81. The molecule has 4 heterocycles. The van der Waals surface area contributed by atoms with Crippen molar-refractivity contribution in [1.29, 1.82) is 0 Å². The highest BCUT2D eigenvalue weighted by Gasteiger charge is 2.27. The van der Waals surface area contributed by atoms with Gasteiger partial charge in [-0.1, -0.05) is 0 Å². The van der Waals surface area contributed by atoms with Crippen LogP contribution in [0.1, 0.15) is 11.1 Å². The third-order valence-corrected chi connectivity index (χ3v) is 4.66. The summed E-state index contributed by atoms with van der Waals surface area (Å²) in [5.41, 5.74) is 2.74. The lowest BCUT2D eigenvalue weighted by Crippen LogP contribution is -2.15. The average molecular weight is 407 g/mol. The molecule has 0 bridgehead atoms. The molecule has 0 unspecified atom stereocenters. The molecule has 0 radical (unpaired) electrons. The summed E-state index contributed by atoms with van der Waals surface area (Å²) in [4.78, 5) is 20.7. The Kier molecular flexibility index (Phi) is 3.78. The molecule has 150 valence electrons. The number of nitrogens with zero attached hydrogens (tertiary/aromatic N) is 6. The first-order valence-corrected chi connectivity index (χ1v) is 8.81. The van der Waals surface area contributed by atoms with Crippen LogP contribution in [0.5, 0.6) is 5.75 Å². The van der Waals surface area contributed by atoms with Crippen LogP contribution in [0.3, 0.4) is 0 Å². The molecule has 11 heteroatoms. The van der Waals surface area contributed by atoms with Gasteiger partial charge in [-0.15, -0.1) is 5.10 Å². The summed E-state index contributed by atoms with van der Waals surface area (Å²) in [5, 5.41) is 20.7. The summed E-state index contributed by atoms with van der Waals surface area (Å²) < 4.78 is 22.4. The minimum absolute atomic E-state index is 0.0283. The van der Waals surface area contributed by atoms with E-state index in [1.54, 1.807) is 30.2 Å². The Morgan fingerprint density at radius 3 is 2.80 bits per heavy atom. The predicted octanol–water partition coefficient (Wildman–Crippen LogP) is 2.64. The molecule has 1 aliphatic heterocycles. The summed E-state index contributed by atoms with van der Waals surface area (Å²) in [6, 6.07) is 5.59. The number of methoxy groups -OCH3 is 1. The molecule has 10 nitrogen and oxygen atoms in total. The number of aryl methyl sites for hydroxylation is 1. The number of halogens is 1. The van der Waals surface area contributed by atoms with Crippen molar-refractivity contribution < 1.29 is 19.0 Å². The molecule has 0 fully saturated rings. The van der Waals surface area contributed by atoms with Crippen LogP contribution >= 0.6 is 0 Å². The van der Waals surface area contributed by atoms with Gasteiger partial charge < -0.3 is 9.84 Å². The van der Waals surface area contributed by atoms with Crippen LogP contribution in [-0.4, -0.2) is 48.4 Å². The summed E-state index contributed by atoms with van der Waals surface area (Å²) in [6.07, 6.45) is 2.68. The third-order valence-electron chi connectivity index (χ3n) is 4.66. The maximum atomic E-state index is 14.7. The molecule has 30 heavy (non-hydrogen) atoms. The topological polar surface area (TPSA) is 119 Å². The monoisotopic (exact) mass is 407 g/mol. The summed E-state index contributed by atoms with van der Waals surface area (Å²) >= 11 is 0. The van der Waals surface area contributed by atoms with Crippen LogP contribution in [0.15, 0.2) is 41.7 Å². The van der Waals surface area contributed by atoms with Crippen molar-refractivity contribution in [2.45, 2.75) is 0 Å². The van der Waals surface area contributed by atoms with Gasteiger partial charge in [0.15, 0.2) is 5.82 Å². The summed E-state index contributed by atoms with van der Waals surface area (Å²) in [5.74, 6) is -0.450. The number of hydrogen-bond donors (Lipinski definition) is 2. The van der Waals surface area contributed by atoms with E-state index in [1.165, 1.54) is 23.8 Å². The summed E-state index contributed by atoms with van der Waals surface area (Å²) in [7, 11) is 2.97. The van der Waals surface area contributed by atoms with Crippen LogP contribution in [0.25, 0.3) is 16.8 Å². The van der Waals surface area contributed by atoms with E-state index in [0.29, 0.717) is 33.9 Å². The highest BCUT2D eigenvalue weighted by molar-refractivity contribution is 6.20. The van der Waals surface area contributed by atoms with Crippen molar-refractivity contribution in [1.82, 2.24) is 24.4 Å². The zero-order valence-corrected chi connectivity index (χ0v) is 15.8. The standard InChI is InChI=1S/C19H14FN7O3/c1-26-8-12-15-16-11(5-6-27(16)25-18(22-15)23-19(29)30-2)14(21-17(12)24-26)10-4-3-9(28)7-13(10)20/h3-8,28H,1-2H3,(H,23,25,29). The number of benzene rings is 1. The van der Waals surface area contributed by atoms with E-state index < -0.39 is 11.9 Å². The van der Waals surface area contributed by atoms with Gasteiger partial charge >= 0.3 is 6.09 Å². The van der Waals surface area contributed by atoms with E-state index in [2.05, 4.69) is 30.2 Å². The molecule has 1 aromatic carbocycles. The maximum Gasteiger partial charge on any atom is 0.413 e. The number of carbonyl (C=O) groups excluding carboxylic acids is 1. The fourth-order valence-electron chi connectivity index (χ4n) is 3.39. The largest absolute Gasteiger partial charge is 0.508 e. The molecule has 0 saturated carbocycles. The fourth-order valence-corrected chi connectivity index (χ4v) is 3.39.